The van der Waals surface area contributed by atoms with Crippen LogP contribution in [0.3, 0.4) is 0 Å². The van der Waals surface area contributed by atoms with Gasteiger partial charge in [0, 0.05) is 11.3 Å². The zero-order valence-corrected chi connectivity index (χ0v) is 15.6. The Balaban J connectivity index is 1.79. The van der Waals surface area contributed by atoms with Crippen LogP contribution in [0.25, 0.3) is 0 Å². The Kier molecular flexibility index (Phi) is 6.26. The highest BCUT2D eigenvalue weighted by molar-refractivity contribution is 7.98. The molecule has 0 amide bonds. The summed E-state index contributed by atoms with van der Waals surface area (Å²) in [5.74, 6) is -0.105. The highest BCUT2D eigenvalue weighted by Crippen LogP contribution is 2.25. The Morgan fingerprint density at radius 1 is 1.26 bits per heavy atom. The third kappa shape index (κ3) is 4.56. The highest BCUT2D eigenvalue weighted by Gasteiger charge is 2.13. The van der Waals surface area contributed by atoms with E-state index >= 15 is 0 Å². The van der Waals surface area contributed by atoms with Crippen molar-refractivity contribution in [1.82, 2.24) is 9.55 Å². The summed E-state index contributed by atoms with van der Waals surface area (Å²) < 4.78 is 20.5. The molecular formula is C20H19FN2O3S. The first-order valence-electron chi connectivity index (χ1n) is 8.31. The van der Waals surface area contributed by atoms with Crippen LogP contribution in [0.1, 0.15) is 27.2 Å². The van der Waals surface area contributed by atoms with Gasteiger partial charge in [0.05, 0.1) is 37.7 Å². The van der Waals surface area contributed by atoms with E-state index in [2.05, 4.69) is 4.98 Å². The summed E-state index contributed by atoms with van der Waals surface area (Å²) in [5.41, 5.74) is 2.57. The first kappa shape index (κ1) is 19.1. The molecule has 0 atom stereocenters. The number of carbonyl (C=O) groups is 1. The maximum atomic E-state index is 14.0. The predicted molar refractivity (Wildman–Crippen MR) is 101 cm³/mol. The number of nitrogens with zero attached hydrogens (tertiary/aromatic N) is 2. The van der Waals surface area contributed by atoms with Gasteiger partial charge in [0.15, 0.2) is 5.16 Å². The Labute approximate surface area is 160 Å². The molecule has 0 aliphatic carbocycles. The Bertz CT molecular complexity index is 942. The molecular weight excluding hydrogens is 367 g/mol. The fraction of sp³-hybridized carbons (Fsp3) is 0.200. The van der Waals surface area contributed by atoms with E-state index in [-0.39, 0.29) is 24.9 Å². The average Bonchev–Trinajstić information content (AvgIpc) is 3.09. The molecule has 1 aromatic heterocycles. The van der Waals surface area contributed by atoms with Crippen molar-refractivity contribution in [3.63, 3.8) is 0 Å². The lowest BCUT2D eigenvalue weighted by Gasteiger charge is -2.11. The Hall–Kier alpha value is -2.64. The van der Waals surface area contributed by atoms with Gasteiger partial charge in [-0.3, -0.25) is 0 Å². The van der Waals surface area contributed by atoms with Gasteiger partial charge in [-0.1, -0.05) is 42.1 Å². The fourth-order valence-electron chi connectivity index (χ4n) is 2.65. The Morgan fingerprint density at radius 3 is 2.81 bits per heavy atom. The SMILES string of the molecule is COC(=O)c1cccc(CSc2ncc(CO)n2Cc2ccccc2F)c1. The van der Waals surface area contributed by atoms with Crippen molar-refractivity contribution >= 4 is 17.7 Å². The van der Waals surface area contributed by atoms with Gasteiger partial charge in [-0.05, 0) is 23.8 Å². The van der Waals surface area contributed by atoms with Crippen LogP contribution in [0.15, 0.2) is 59.9 Å². The first-order valence-corrected chi connectivity index (χ1v) is 9.29. The number of imidazole rings is 1. The molecule has 1 heterocycles. The molecule has 0 saturated carbocycles. The predicted octanol–water partition coefficient (Wildman–Crippen LogP) is 3.64. The lowest BCUT2D eigenvalue weighted by Crippen LogP contribution is -2.07. The quantitative estimate of drug-likeness (QED) is 0.496. The van der Waals surface area contributed by atoms with Gasteiger partial charge in [-0.25, -0.2) is 14.2 Å². The van der Waals surface area contributed by atoms with Gasteiger partial charge >= 0.3 is 5.97 Å². The largest absolute Gasteiger partial charge is 0.465 e. The van der Waals surface area contributed by atoms with Crippen LogP contribution in [0.5, 0.6) is 0 Å². The summed E-state index contributed by atoms with van der Waals surface area (Å²) in [6.07, 6.45) is 1.59. The van der Waals surface area contributed by atoms with E-state index in [9.17, 15) is 14.3 Å². The van der Waals surface area contributed by atoms with Gasteiger partial charge in [0.2, 0.25) is 0 Å². The van der Waals surface area contributed by atoms with E-state index < -0.39 is 0 Å². The van der Waals surface area contributed by atoms with E-state index in [0.717, 1.165) is 5.56 Å². The van der Waals surface area contributed by atoms with E-state index in [1.165, 1.54) is 24.9 Å². The number of hydrogen-bond donors (Lipinski definition) is 1. The van der Waals surface area contributed by atoms with Crippen LogP contribution in [0, 0.1) is 5.82 Å². The standard InChI is InChI=1S/C20H19FN2O3S/c1-26-19(25)15-7-4-5-14(9-15)13-27-20-22-10-17(12-24)23(20)11-16-6-2-3-8-18(16)21/h2-10,24H,11-13H2,1H3. The second-order valence-electron chi connectivity index (χ2n) is 5.85. The summed E-state index contributed by atoms with van der Waals surface area (Å²) in [5, 5.41) is 10.2. The second-order valence-corrected chi connectivity index (χ2v) is 6.79. The molecule has 27 heavy (non-hydrogen) atoms. The van der Waals surface area contributed by atoms with Crippen LogP contribution in [-0.2, 0) is 23.6 Å². The molecule has 0 aliphatic heterocycles. The number of ether oxygens (including phenoxy) is 1. The number of methoxy groups -OCH3 is 1. The zero-order chi connectivity index (χ0) is 19.2. The average molecular weight is 386 g/mol. The van der Waals surface area contributed by atoms with Crippen molar-refractivity contribution in [3.8, 4) is 0 Å². The van der Waals surface area contributed by atoms with Crippen molar-refractivity contribution in [2.24, 2.45) is 0 Å². The minimum atomic E-state index is -0.384. The van der Waals surface area contributed by atoms with Crippen LogP contribution in [0.4, 0.5) is 4.39 Å². The third-order valence-corrected chi connectivity index (χ3v) is 5.13. The smallest absolute Gasteiger partial charge is 0.337 e. The van der Waals surface area contributed by atoms with Crippen LogP contribution in [0.2, 0.25) is 0 Å². The molecule has 3 aromatic rings. The van der Waals surface area contributed by atoms with E-state index in [4.69, 9.17) is 4.74 Å². The first-order chi connectivity index (χ1) is 13.1. The summed E-state index contributed by atoms with van der Waals surface area (Å²) in [4.78, 5) is 16.0. The van der Waals surface area contributed by atoms with Crippen molar-refractivity contribution in [2.45, 2.75) is 24.1 Å². The summed E-state index contributed by atoms with van der Waals surface area (Å²) in [6, 6.07) is 13.7. The molecule has 140 valence electrons. The minimum absolute atomic E-state index is 0.181. The molecule has 5 nitrogen and oxygen atoms in total. The van der Waals surface area contributed by atoms with Crippen molar-refractivity contribution < 1.29 is 19.0 Å². The van der Waals surface area contributed by atoms with Crippen molar-refractivity contribution in [2.75, 3.05) is 7.11 Å². The number of halogens is 1. The fourth-order valence-corrected chi connectivity index (χ4v) is 3.59. The van der Waals surface area contributed by atoms with E-state index in [0.29, 0.717) is 27.7 Å². The zero-order valence-electron chi connectivity index (χ0n) is 14.8. The number of benzene rings is 2. The monoisotopic (exact) mass is 386 g/mol. The number of thioether (sulfide) groups is 1. The number of hydrogen-bond acceptors (Lipinski definition) is 5. The lowest BCUT2D eigenvalue weighted by molar-refractivity contribution is 0.0600. The molecule has 0 fully saturated rings. The van der Waals surface area contributed by atoms with Gasteiger partial charge in [0.1, 0.15) is 5.82 Å². The van der Waals surface area contributed by atoms with Crippen LogP contribution in [-0.4, -0.2) is 27.7 Å². The Morgan fingerprint density at radius 2 is 2.07 bits per heavy atom. The molecule has 0 unspecified atom stereocenters. The van der Waals surface area contributed by atoms with Crippen molar-refractivity contribution in [3.05, 3.63) is 82.9 Å². The number of aliphatic hydroxyl groups is 1. The molecule has 7 heteroatoms. The molecule has 3 rings (SSSR count). The number of carbonyl (C=O) groups excluding carboxylic acids is 1. The molecule has 1 N–H and O–H groups in total. The normalized spacial score (nSPS) is 10.8. The molecule has 0 saturated heterocycles. The van der Waals surface area contributed by atoms with Gasteiger partial charge in [0.25, 0.3) is 0 Å². The number of aliphatic hydroxyl groups excluding tert-OH is 1. The summed E-state index contributed by atoms with van der Waals surface area (Å²) >= 11 is 1.46. The number of aromatic nitrogens is 2. The number of rotatable bonds is 7. The molecule has 0 bridgehead atoms. The number of esters is 1. The molecule has 0 spiro atoms. The summed E-state index contributed by atoms with van der Waals surface area (Å²) in [6.45, 7) is 0.104. The van der Waals surface area contributed by atoms with Gasteiger partial charge in [-0.15, -0.1) is 0 Å². The van der Waals surface area contributed by atoms with Gasteiger partial charge < -0.3 is 14.4 Å². The molecule has 0 radical (unpaired) electrons. The van der Waals surface area contributed by atoms with Crippen LogP contribution < -0.4 is 0 Å². The second kappa shape index (κ2) is 8.83. The van der Waals surface area contributed by atoms with Crippen molar-refractivity contribution in [1.29, 1.82) is 0 Å². The van der Waals surface area contributed by atoms with Crippen LogP contribution >= 0.6 is 11.8 Å². The maximum Gasteiger partial charge on any atom is 0.337 e. The highest BCUT2D eigenvalue weighted by atomic mass is 32.2. The maximum absolute atomic E-state index is 14.0. The minimum Gasteiger partial charge on any atom is -0.465 e. The third-order valence-electron chi connectivity index (χ3n) is 4.07. The van der Waals surface area contributed by atoms with Gasteiger partial charge in [-0.2, -0.15) is 0 Å². The molecule has 0 aliphatic rings. The summed E-state index contributed by atoms with van der Waals surface area (Å²) in [7, 11) is 1.35. The topological polar surface area (TPSA) is 64.3 Å². The van der Waals surface area contributed by atoms with E-state index in [1.807, 2.05) is 6.07 Å². The lowest BCUT2D eigenvalue weighted by atomic mass is 10.1. The van der Waals surface area contributed by atoms with E-state index in [1.54, 1.807) is 47.2 Å². The molecule has 2 aromatic carbocycles.